The number of carbonyl (C=O) groups excluding carboxylic acids is 2. The van der Waals surface area contributed by atoms with Gasteiger partial charge in [-0.25, -0.2) is 9.18 Å². The number of Topliss-reactive ketones (excluding diaryl/α,β-unsaturated/α-hetero) is 1. The number of nitrogens with zero attached hydrogens (tertiary/aromatic N) is 4. The molecule has 4 fully saturated rings. The Morgan fingerprint density at radius 3 is 2.64 bits per heavy atom. The minimum atomic E-state index is -0.662. The summed E-state index contributed by atoms with van der Waals surface area (Å²) in [6, 6.07) is 7.32. The maximum Gasteiger partial charge on any atom is 0.411 e. The Balaban J connectivity index is 1.22. The summed E-state index contributed by atoms with van der Waals surface area (Å²) in [5.74, 6) is -1.03. The summed E-state index contributed by atoms with van der Waals surface area (Å²) in [7, 11) is 1.76. The molecule has 2 bridgehead atoms. The molecule has 6 atom stereocenters. The fourth-order valence-electron chi connectivity index (χ4n) is 7.07. The van der Waals surface area contributed by atoms with E-state index in [9.17, 15) is 14.9 Å². The molecule has 0 aromatic heterocycles. The first-order chi connectivity index (χ1) is 18.6. The van der Waals surface area contributed by atoms with Crippen molar-refractivity contribution >= 4 is 17.6 Å². The van der Waals surface area contributed by atoms with E-state index in [1.54, 1.807) is 24.1 Å². The van der Waals surface area contributed by atoms with Crippen molar-refractivity contribution in [1.82, 2.24) is 9.80 Å². The molecule has 8 nitrogen and oxygen atoms in total. The number of hydrogen-bond donors (Lipinski definition) is 0. The Bertz CT molecular complexity index is 1130. The Morgan fingerprint density at radius 1 is 1.15 bits per heavy atom. The summed E-state index contributed by atoms with van der Waals surface area (Å²) < 4.78 is 26.4. The molecule has 3 aliphatic heterocycles. The van der Waals surface area contributed by atoms with Crippen LogP contribution in [0.3, 0.4) is 0 Å². The van der Waals surface area contributed by atoms with E-state index in [1.807, 2.05) is 26.8 Å². The normalized spacial score (nSPS) is 29.3. The lowest BCUT2D eigenvalue weighted by molar-refractivity contribution is -0.126. The summed E-state index contributed by atoms with van der Waals surface area (Å²) in [6.45, 7) is 8.99. The molecule has 39 heavy (non-hydrogen) atoms. The van der Waals surface area contributed by atoms with Crippen molar-refractivity contribution in [3.8, 4) is 6.07 Å². The maximum atomic E-state index is 15.3. The van der Waals surface area contributed by atoms with Crippen LogP contribution in [0.5, 0.6) is 0 Å². The quantitative estimate of drug-likeness (QED) is 0.513. The number of halogens is 1. The van der Waals surface area contributed by atoms with E-state index >= 15 is 4.39 Å². The van der Waals surface area contributed by atoms with Crippen LogP contribution < -0.4 is 4.90 Å². The van der Waals surface area contributed by atoms with Gasteiger partial charge in [-0.1, -0.05) is 6.07 Å². The van der Waals surface area contributed by atoms with Gasteiger partial charge >= 0.3 is 6.09 Å². The van der Waals surface area contributed by atoms with Gasteiger partial charge in [0.15, 0.2) is 5.78 Å². The smallest absolute Gasteiger partial charge is 0.411 e. The number of carbonyl (C=O) groups is 2. The molecule has 3 saturated heterocycles. The van der Waals surface area contributed by atoms with Gasteiger partial charge in [-0.15, -0.1) is 0 Å². The highest BCUT2D eigenvalue weighted by molar-refractivity contribution is 5.89. The third kappa shape index (κ3) is 5.92. The predicted octanol–water partition coefficient (Wildman–Crippen LogP) is 4.16. The summed E-state index contributed by atoms with van der Waals surface area (Å²) >= 11 is 0. The summed E-state index contributed by atoms with van der Waals surface area (Å²) in [5, 5.41) is 9.86. The third-order valence-electron chi connectivity index (χ3n) is 8.93. The number of nitriles is 1. The Kier molecular flexibility index (Phi) is 7.89. The lowest BCUT2D eigenvalue weighted by Crippen LogP contribution is -2.51. The number of hydrogen-bond acceptors (Lipinski definition) is 7. The van der Waals surface area contributed by atoms with E-state index < -0.39 is 23.7 Å². The minimum Gasteiger partial charge on any atom is -0.444 e. The molecule has 4 aliphatic rings. The van der Waals surface area contributed by atoms with Crippen LogP contribution in [0.2, 0.25) is 0 Å². The van der Waals surface area contributed by atoms with Gasteiger partial charge in [-0.2, -0.15) is 5.26 Å². The molecule has 0 unspecified atom stereocenters. The van der Waals surface area contributed by atoms with E-state index in [1.165, 1.54) is 0 Å². The van der Waals surface area contributed by atoms with Gasteiger partial charge in [0.05, 0.1) is 24.1 Å². The molecular weight excluding hydrogens is 499 g/mol. The van der Waals surface area contributed by atoms with Crippen molar-refractivity contribution in [3.63, 3.8) is 0 Å². The van der Waals surface area contributed by atoms with Crippen molar-refractivity contribution < 1.29 is 23.5 Å². The number of ketones is 1. The molecule has 1 saturated carbocycles. The first kappa shape index (κ1) is 27.9. The Morgan fingerprint density at radius 2 is 1.95 bits per heavy atom. The van der Waals surface area contributed by atoms with Crippen LogP contribution in [0.4, 0.5) is 14.9 Å². The highest BCUT2D eigenvalue weighted by atomic mass is 19.1. The number of amides is 1. The second-order valence-corrected chi connectivity index (χ2v) is 12.7. The predicted molar refractivity (Wildman–Crippen MR) is 145 cm³/mol. The average Bonchev–Trinajstić information content (AvgIpc) is 3.62. The molecular formula is C30H41FN4O4. The fourth-order valence-corrected chi connectivity index (χ4v) is 7.07. The molecule has 3 heterocycles. The number of methoxy groups -OCH3 is 1. The van der Waals surface area contributed by atoms with Crippen LogP contribution in [0.15, 0.2) is 18.2 Å². The highest BCUT2D eigenvalue weighted by Gasteiger charge is 2.52. The second-order valence-electron chi connectivity index (χ2n) is 12.7. The van der Waals surface area contributed by atoms with Gasteiger partial charge in [0.1, 0.15) is 11.4 Å². The lowest BCUT2D eigenvalue weighted by atomic mass is 9.88. The molecule has 0 radical (unpaired) electrons. The van der Waals surface area contributed by atoms with Crippen molar-refractivity contribution in [2.75, 3.05) is 38.2 Å². The van der Waals surface area contributed by atoms with Gasteiger partial charge in [-0.3, -0.25) is 14.6 Å². The molecule has 212 valence electrons. The first-order valence-corrected chi connectivity index (χ1v) is 14.3. The van der Waals surface area contributed by atoms with Crippen molar-refractivity contribution in [2.45, 2.75) is 89.1 Å². The van der Waals surface area contributed by atoms with Gasteiger partial charge < -0.3 is 14.4 Å². The van der Waals surface area contributed by atoms with Crippen LogP contribution in [0.25, 0.3) is 0 Å². The summed E-state index contributed by atoms with van der Waals surface area (Å²) in [6.07, 6.45) is 3.51. The first-order valence-electron chi connectivity index (χ1n) is 14.3. The van der Waals surface area contributed by atoms with Gasteiger partial charge in [0, 0.05) is 57.5 Å². The summed E-state index contributed by atoms with van der Waals surface area (Å²) in [5.41, 5.74) is 0.632. The van der Waals surface area contributed by atoms with E-state index in [0.717, 1.165) is 57.5 Å². The zero-order valence-electron chi connectivity index (χ0n) is 23.6. The number of rotatable bonds is 7. The molecule has 5 rings (SSSR count). The Labute approximate surface area is 231 Å². The fraction of sp³-hybridized carbons (Fsp3) is 0.700. The van der Waals surface area contributed by atoms with Gasteiger partial charge in [0.25, 0.3) is 0 Å². The molecule has 1 amide bonds. The SMILES string of the molecule is CO[C@@H]1C[C@@H]2CN(c3ccc(C[C@@H](C#N)CC(=O)[C@@H]4[C@H]5CC[C@H](C5)N4C(=O)OC(C)(C)C)c(F)c3)CCN2C1. The Hall–Kier alpha value is -2.70. The largest absolute Gasteiger partial charge is 0.444 e. The van der Waals surface area contributed by atoms with E-state index in [4.69, 9.17) is 9.47 Å². The third-order valence-corrected chi connectivity index (χ3v) is 8.93. The molecule has 1 aliphatic carbocycles. The molecule has 0 spiro atoms. The minimum absolute atomic E-state index is 0.00478. The zero-order valence-corrected chi connectivity index (χ0v) is 23.6. The monoisotopic (exact) mass is 540 g/mol. The van der Waals surface area contributed by atoms with Crippen LogP contribution >= 0.6 is 0 Å². The number of piperidine rings is 1. The van der Waals surface area contributed by atoms with Crippen molar-refractivity contribution in [1.29, 1.82) is 5.26 Å². The number of benzene rings is 1. The molecule has 1 aromatic carbocycles. The van der Waals surface area contributed by atoms with Crippen LogP contribution in [0.1, 0.15) is 58.4 Å². The van der Waals surface area contributed by atoms with Crippen molar-refractivity contribution in [3.05, 3.63) is 29.6 Å². The number of fused-ring (bicyclic) bond motifs is 3. The second kappa shape index (κ2) is 11.1. The van der Waals surface area contributed by atoms with E-state index in [0.29, 0.717) is 11.6 Å². The lowest BCUT2D eigenvalue weighted by Gasteiger charge is -2.38. The van der Waals surface area contributed by atoms with E-state index in [-0.39, 0.29) is 42.5 Å². The average molecular weight is 541 g/mol. The number of anilines is 1. The van der Waals surface area contributed by atoms with Crippen molar-refractivity contribution in [2.24, 2.45) is 11.8 Å². The zero-order chi connectivity index (χ0) is 27.9. The van der Waals surface area contributed by atoms with Crippen LogP contribution in [-0.4, -0.2) is 84.8 Å². The van der Waals surface area contributed by atoms with Gasteiger partial charge in [0.2, 0.25) is 0 Å². The summed E-state index contributed by atoms with van der Waals surface area (Å²) in [4.78, 5) is 32.7. The van der Waals surface area contributed by atoms with E-state index in [2.05, 4.69) is 15.9 Å². The molecule has 1 aromatic rings. The van der Waals surface area contributed by atoms with Crippen LogP contribution in [-0.2, 0) is 20.7 Å². The van der Waals surface area contributed by atoms with Gasteiger partial charge in [-0.05, 0) is 76.5 Å². The standard InChI is InChI=1S/C30H41FN4O4/c1-30(2,3)39-29(37)35-23-8-6-21(13-23)28(35)27(36)12-19(16-32)11-20-5-7-22(15-26(20)31)33-9-10-34-18-25(38-4)14-24(34)17-33/h5,7,15,19,21,23-25,28H,6,8-14,17-18H2,1-4H3/t19-,21+,23-,24-,25-,28+/m1/s1. The number of likely N-dealkylation sites (tertiary alicyclic amines) is 1. The molecule has 9 heteroatoms. The highest BCUT2D eigenvalue weighted by Crippen LogP contribution is 2.44. The maximum absolute atomic E-state index is 15.3. The number of piperazine rings is 1. The van der Waals surface area contributed by atoms with Crippen LogP contribution in [0, 0.1) is 29.0 Å². The number of ether oxygens (including phenoxy) is 2. The molecule has 0 N–H and O–H groups in total. The topological polar surface area (TPSA) is 86.1 Å².